The van der Waals surface area contributed by atoms with Gasteiger partial charge in [-0.3, -0.25) is 9.59 Å². The molecule has 1 aromatic carbocycles. The average Bonchev–Trinajstić information content (AvgIpc) is 2.67. The zero-order valence-corrected chi connectivity index (χ0v) is 11.7. The van der Waals surface area contributed by atoms with E-state index in [-0.39, 0.29) is 11.7 Å². The number of ketones is 1. The van der Waals surface area contributed by atoms with Crippen molar-refractivity contribution < 1.29 is 9.59 Å². The summed E-state index contributed by atoms with van der Waals surface area (Å²) in [5, 5.41) is 2.74. The minimum atomic E-state index is -0.0926. The first-order valence-corrected chi connectivity index (χ1v) is 7.15. The van der Waals surface area contributed by atoms with Crippen molar-refractivity contribution in [1.82, 2.24) is 4.98 Å². The molecule has 94 valence electrons. The summed E-state index contributed by atoms with van der Waals surface area (Å²) in [5.41, 5.74) is 1.65. The van der Waals surface area contributed by atoms with Gasteiger partial charge in [-0.1, -0.05) is 11.8 Å². The van der Waals surface area contributed by atoms with Crippen molar-refractivity contribution in [2.24, 2.45) is 0 Å². The van der Waals surface area contributed by atoms with Crippen LogP contribution in [0.25, 0.3) is 10.2 Å². The second-order valence-electron chi connectivity index (χ2n) is 3.83. The number of anilines is 1. The molecule has 0 fully saturated rings. The van der Waals surface area contributed by atoms with Crippen molar-refractivity contribution in [2.75, 3.05) is 11.1 Å². The molecule has 0 aliphatic heterocycles. The van der Waals surface area contributed by atoms with Gasteiger partial charge in [0.15, 0.2) is 4.34 Å². The van der Waals surface area contributed by atoms with Crippen LogP contribution in [0, 0.1) is 0 Å². The predicted molar refractivity (Wildman–Crippen MR) is 75.3 cm³/mol. The van der Waals surface area contributed by atoms with Crippen molar-refractivity contribution >= 4 is 50.7 Å². The van der Waals surface area contributed by atoms with Gasteiger partial charge in [0.05, 0.1) is 16.0 Å². The van der Waals surface area contributed by atoms with Crippen LogP contribution in [0.4, 0.5) is 5.69 Å². The Hall–Kier alpha value is -1.40. The SMILES string of the molecule is CC(=O)CSc1nc2ccc(NC(C)=O)cc2s1. The number of nitrogens with zero attached hydrogens (tertiary/aromatic N) is 1. The van der Waals surface area contributed by atoms with Gasteiger partial charge in [-0.2, -0.15) is 0 Å². The summed E-state index contributed by atoms with van der Waals surface area (Å²) < 4.78 is 1.88. The van der Waals surface area contributed by atoms with Gasteiger partial charge in [-0.25, -0.2) is 4.98 Å². The summed E-state index contributed by atoms with van der Waals surface area (Å²) in [5.74, 6) is 0.487. The van der Waals surface area contributed by atoms with Gasteiger partial charge >= 0.3 is 0 Å². The van der Waals surface area contributed by atoms with Crippen LogP contribution in [-0.4, -0.2) is 22.4 Å². The van der Waals surface area contributed by atoms with Crippen LogP contribution in [-0.2, 0) is 9.59 Å². The molecule has 0 spiro atoms. The second kappa shape index (κ2) is 5.49. The number of carbonyl (C=O) groups is 2. The molecule has 0 atom stereocenters. The van der Waals surface area contributed by atoms with Crippen LogP contribution < -0.4 is 5.32 Å². The minimum absolute atomic E-state index is 0.0926. The van der Waals surface area contributed by atoms with E-state index in [0.29, 0.717) is 5.75 Å². The number of rotatable bonds is 4. The number of hydrogen-bond donors (Lipinski definition) is 1. The van der Waals surface area contributed by atoms with Crippen molar-refractivity contribution in [3.05, 3.63) is 18.2 Å². The third kappa shape index (κ3) is 3.30. The molecule has 18 heavy (non-hydrogen) atoms. The van der Waals surface area contributed by atoms with Crippen molar-refractivity contribution in [3.8, 4) is 0 Å². The highest BCUT2D eigenvalue weighted by Gasteiger charge is 2.06. The number of aromatic nitrogens is 1. The van der Waals surface area contributed by atoms with Gasteiger partial charge < -0.3 is 5.32 Å². The molecule has 1 amide bonds. The molecule has 0 saturated carbocycles. The number of carbonyl (C=O) groups excluding carboxylic acids is 2. The Morgan fingerprint density at radius 2 is 2.17 bits per heavy atom. The second-order valence-corrected chi connectivity index (χ2v) is 6.09. The lowest BCUT2D eigenvalue weighted by Crippen LogP contribution is -2.05. The summed E-state index contributed by atoms with van der Waals surface area (Å²) in [4.78, 5) is 26.3. The molecule has 0 bridgehead atoms. The standard InChI is InChI=1S/C12H12N2O2S2/c1-7(15)6-17-12-14-10-4-3-9(13-8(2)16)5-11(10)18-12/h3-5H,6H2,1-2H3,(H,13,16). The van der Waals surface area contributed by atoms with Crippen molar-refractivity contribution in [3.63, 3.8) is 0 Å². The average molecular weight is 280 g/mol. The van der Waals surface area contributed by atoms with Gasteiger partial charge in [0.1, 0.15) is 5.78 Å². The van der Waals surface area contributed by atoms with E-state index in [1.54, 1.807) is 6.92 Å². The first kappa shape index (κ1) is 13.0. The van der Waals surface area contributed by atoms with Gasteiger partial charge in [0, 0.05) is 12.6 Å². The molecule has 6 heteroatoms. The molecular formula is C12H12N2O2S2. The quantitative estimate of drug-likeness (QED) is 0.875. The molecule has 0 aliphatic rings. The Bertz CT molecular complexity index is 607. The maximum absolute atomic E-state index is 11.0. The van der Waals surface area contributed by atoms with Gasteiger partial charge in [-0.15, -0.1) is 11.3 Å². The Labute approximate surface area is 113 Å². The van der Waals surface area contributed by atoms with Crippen LogP contribution in [0.2, 0.25) is 0 Å². The summed E-state index contributed by atoms with van der Waals surface area (Å²) in [6.07, 6.45) is 0. The molecule has 1 heterocycles. The van der Waals surface area contributed by atoms with Crippen LogP contribution >= 0.6 is 23.1 Å². The number of benzene rings is 1. The third-order valence-corrected chi connectivity index (χ3v) is 4.39. The Kier molecular flexibility index (Phi) is 3.98. The molecule has 2 rings (SSSR count). The summed E-state index contributed by atoms with van der Waals surface area (Å²) in [6, 6.07) is 5.59. The van der Waals surface area contributed by atoms with E-state index in [9.17, 15) is 9.59 Å². The Morgan fingerprint density at radius 3 is 2.83 bits per heavy atom. The normalized spacial score (nSPS) is 10.6. The molecule has 2 aromatic rings. The fraction of sp³-hybridized carbons (Fsp3) is 0.250. The van der Waals surface area contributed by atoms with E-state index in [4.69, 9.17) is 0 Å². The van der Waals surface area contributed by atoms with E-state index in [0.717, 1.165) is 20.2 Å². The van der Waals surface area contributed by atoms with Gasteiger partial charge in [-0.05, 0) is 25.1 Å². The summed E-state index contributed by atoms with van der Waals surface area (Å²) in [6.45, 7) is 3.04. The van der Waals surface area contributed by atoms with Crippen LogP contribution in [0.15, 0.2) is 22.5 Å². The molecule has 4 nitrogen and oxygen atoms in total. The topological polar surface area (TPSA) is 59.1 Å². The lowest BCUT2D eigenvalue weighted by molar-refractivity contribution is -0.115. The maximum Gasteiger partial charge on any atom is 0.221 e. The van der Waals surface area contributed by atoms with E-state index >= 15 is 0 Å². The Balaban J connectivity index is 2.22. The van der Waals surface area contributed by atoms with Gasteiger partial charge in [0.2, 0.25) is 5.91 Å². The number of amides is 1. The molecule has 0 saturated heterocycles. The molecule has 1 N–H and O–H groups in total. The van der Waals surface area contributed by atoms with E-state index in [1.807, 2.05) is 18.2 Å². The Morgan fingerprint density at radius 1 is 1.39 bits per heavy atom. The minimum Gasteiger partial charge on any atom is -0.326 e. The van der Waals surface area contributed by atoms with E-state index in [2.05, 4.69) is 10.3 Å². The summed E-state index contributed by atoms with van der Waals surface area (Å²) >= 11 is 2.97. The molecule has 0 aliphatic carbocycles. The smallest absolute Gasteiger partial charge is 0.221 e. The number of thiazole rings is 1. The fourth-order valence-electron chi connectivity index (χ4n) is 1.41. The highest BCUT2D eigenvalue weighted by molar-refractivity contribution is 8.01. The van der Waals surface area contributed by atoms with Crippen LogP contribution in [0.1, 0.15) is 13.8 Å². The fourth-order valence-corrected chi connectivity index (χ4v) is 3.32. The number of fused-ring (bicyclic) bond motifs is 1. The highest BCUT2D eigenvalue weighted by atomic mass is 32.2. The largest absolute Gasteiger partial charge is 0.326 e. The molecule has 0 unspecified atom stereocenters. The maximum atomic E-state index is 11.0. The number of nitrogens with one attached hydrogen (secondary N) is 1. The first-order chi connectivity index (χ1) is 8.54. The van der Waals surface area contributed by atoms with E-state index in [1.165, 1.54) is 30.0 Å². The molecular weight excluding hydrogens is 268 g/mol. The predicted octanol–water partition coefficient (Wildman–Crippen LogP) is 2.94. The highest BCUT2D eigenvalue weighted by Crippen LogP contribution is 2.31. The zero-order chi connectivity index (χ0) is 13.1. The number of thioether (sulfide) groups is 1. The first-order valence-electron chi connectivity index (χ1n) is 5.35. The third-order valence-electron chi connectivity index (χ3n) is 2.09. The van der Waals surface area contributed by atoms with Gasteiger partial charge in [0.25, 0.3) is 0 Å². The van der Waals surface area contributed by atoms with Crippen LogP contribution in [0.5, 0.6) is 0 Å². The van der Waals surface area contributed by atoms with Crippen molar-refractivity contribution in [1.29, 1.82) is 0 Å². The zero-order valence-electron chi connectivity index (χ0n) is 10.0. The molecule has 0 radical (unpaired) electrons. The lowest BCUT2D eigenvalue weighted by Gasteiger charge is -1.99. The number of Topliss-reactive ketones (excluding diaryl/α,β-unsaturated/α-hetero) is 1. The number of hydrogen-bond acceptors (Lipinski definition) is 5. The molecule has 1 aromatic heterocycles. The monoisotopic (exact) mass is 280 g/mol. The summed E-state index contributed by atoms with van der Waals surface area (Å²) in [7, 11) is 0. The lowest BCUT2D eigenvalue weighted by atomic mass is 10.3. The van der Waals surface area contributed by atoms with Crippen LogP contribution in [0.3, 0.4) is 0 Å². The van der Waals surface area contributed by atoms with Crippen molar-refractivity contribution in [2.45, 2.75) is 18.2 Å². The van der Waals surface area contributed by atoms with E-state index < -0.39 is 0 Å².